The monoisotopic (exact) mass is 286 g/mol. The molecular formula is C13H18O7. The summed E-state index contributed by atoms with van der Waals surface area (Å²) in [5.41, 5.74) is 0.391. The summed E-state index contributed by atoms with van der Waals surface area (Å²) in [6.45, 7) is 8.64. The van der Waals surface area contributed by atoms with Crippen LogP contribution >= 0.6 is 0 Å². The summed E-state index contributed by atoms with van der Waals surface area (Å²) in [6, 6.07) is 0. The molecule has 7 heteroatoms. The summed E-state index contributed by atoms with van der Waals surface area (Å²) in [5, 5.41) is 8.52. The molecule has 1 N–H and O–H groups in total. The van der Waals surface area contributed by atoms with Gasteiger partial charge >= 0.3 is 17.9 Å². The molecule has 0 aliphatic carbocycles. The van der Waals surface area contributed by atoms with Crippen molar-refractivity contribution in [1.29, 1.82) is 0 Å². The Morgan fingerprint density at radius 1 is 1.00 bits per heavy atom. The van der Waals surface area contributed by atoms with Crippen molar-refractivity contribution < 1.29 is 33.7 Å². The van der Waals surface area contributed by atoms with Gasteiger partial charge in [-0.2, -0.15) is 0 Å². The Kier molecular flexibility index (Phi) is 7.91. The van der Waals surface area contributed by atoms with Gasteiger partial charge in [-0.15, -0.1) is 0 Å². The fourth-order valence-corrected chi connectivity index (χ4v) is 0.917. The molecule has 0 bridgehead atoms. The Labute approximate surface area is 116 Å². The summed E-state index contributed by atoms with van der Waals surface area (Å²) in [7, 11) is 0. The molecule has 112 valence electrons. The van der Waals surface area contributed by atoms with Gasteiger partial charge in [-0.3, -0.25) is 0 Å². The lowest BCUT2D eigenvalue weighted by Crippen LogP contribution is -2.30. The van der Waals surface area contributed by atoms with E-state index >= 15 is 0 Å². The zero-order chi connectivity index (χ0) is 15.7. The molecule has 0 atom stereocenters. The molecule has 0 radical (unpaired) electrons. The van der Waals surface area contributed by atoms with Crippen molar-refractivity contribution in [2.24, 2.45) is 0 Å². The molecule has 0 aromatic heterocycles. The Hall–Kier alpha value is -2.15. The number of rotatable bonds is 9. The minimum absolute atomic E-state index is 0.195. The van der Waals surface area contributed by atoms with Crippen molar-refractivity contribution in [3.05, 3.63) is 24.3 Å². The standard InChI is InChI=1S/C13H18O7/c1-8(2)12(16)19-5-10(18-7-11(14)15)6-20-13(17)9(3)4/h10H,1,3,5-7H2,2,4H3,(H,14,15). The summed E-state index contributed by atoms with van der Waals surface area (Å²) < 4.78 is 14.6. The number of carboxylic acids is 1. The van der Waals surface area contributed by atoms with E-state index in [4.69, 9.17) is 19.3 Å². The maximum absolute atomic E-state index is 11.2. The van der Waals surface area contributed by atoms with E-state index in [0.29, 0.717) is 0 Å². The fraction of sp³-hybridized carbons (Fsp3) is 0.462. The molecule has 0 saturated heterocycles. The summed E-state index contributed by atoms with van der Waals surface area (Å²) in [5.74, 6) is -2.47. The lowest BCUT2D eigenvalue weighted by atomic mass is 10.3. The second-order valence-electron chi connectivity index (χ2n) is 4.08. The van der Waals surface area contributed by atoms with E-state index in [9.17, 15) is 14.4 Å². The first-order valence-corrected chi connectivity index (χ1v) is 5.72. The normalized spacial score (nSPS) is 9.95. The van der Waals surface area contributed by atoms with Crippen LogP contribution in [0.5, 0.6) is 0 Å². The van der Waals surface area contributed by atoms with Crippen LogP contribution in [0.25, 0.3) is 0 Å². The van der Waals surface area contributed by atoms with Crippen LogP contribution in [0.15, 0.2) is 24.3 Å². The number of esters is 2. The highest BCUT2D eigenvalue weighted by molar-refractivity contribution is 5.87. The van der Waals surface area contributed by atoms with E-state index in [2.05, 4.69) is 13.2 Å². The third-order valence-corrected chi connectivity index (χ3v) is 1.94. The maximum atomic E-state index is 11.2. The number of hydrogen-bond donors (Lipinski definition) is 1. The number of carbonyl (C=O) groups is 3. The topological polar surface area (TPSA) is 99.1 Å². The quantitative estimate of drug-likeness (QED) is 0.492. The Balaban J connectivity index is 4.36. The van der Waals surface area contributed by atoms with E-state index in [0.717, 1.165) is 0 Å². The van der Waals surface area contributed by atoms with E-state index < -0.39 is 30.6 Å². The molecule has 0 aromatic carbocycles. The van der Waals surface area contributed by atoms with Crippen LogP contribution in [-0.4, -0.2) is 48.9 Å². The zero-order valence-electron chi connectivity index (χ0n) is 11.5. The molecule has 0 fully saturated rings. The minimum Gasteiger partial charge on any atom is -0.480 e. The largest absolute Gasteiger partial charge is 0.480 e. The lowest BCUT2D eigenvalue weighted by Gasteiger charge is -2.17. The van der Waals surface area contributed by atoms with Gasteiger partial charge < -0.3 is 19.3 Å². The molecule has 0 saturated carbocycles. The van der Waals surface area contributed by atoms with Crippen molar-refractivity contribution in [3.63, 3.8) is 0 Å². The second-order valence-corrected chi connectivity index (χ2v) is 4.08. The first-order valence-electron chi connectivity index (χ1n) is 5.72. The maximum Gasteiger partial charge on any atom is 0.333 e. The van der Waals surface area contributed by atoms with E-state index in [1.54, 1.807) is 0 Å². The number of carbonyl (C=O) groups excluding carboxylic acids is 2. The molecule has 0 aliphatic rings. The first kappa shape index (κ1) is 17.8. The molecule has 0 heterocycles. The van der Waals surface area contributed by atoms with Crippen molar-refractivity contribution in [1.82, 2.24) is 0 Å². The van der Waals surface area contributed by atoms with Gasteiger partial charge in [-0.05, 0) is 13.8 Å². The predicted molar refractivity (Wildman–Crippen MR) is 68.9 cm³/mol. The highest BCUT2D eigenvalue weighted by Gasteiger charge is 2.17. The van der Waals surface area contributed by atoms with Crippen LogP contribution in [-0.2, 0) is 28.6 Å². The lowest BCUT2D eigenvalue weighted by molar-refractivity contribution is -0.155. The fourth-order valence-electron chi connectivity index (χ4n) is 0.917. The molecular weight excluding hydrogens is 268 g/mol. The summed E-state index contributed by atoms with van der Waals surface area (Å²) in [4.78, 5) is 32.9. The van der Waals surface area contributed by atoms with Crippen molar-refractivity contribution >= 4 is 17.9 Å². The number of hydrogen-bond acceptors (Lipinski definition) is 6. The smallest absolute Gasteiger partial charge is 0.333 e. The van der Waals surface area contributed by atoms with Crippen LogP contribution < -0.4 is 0 Å². The zero-order valence-corrected chi connectivity index (χ0v) is 11.5. The highest BCUT2D eigenvalue weighted by Crippen LogP contribution is 2.01. The van der Waals surface area contributed by atoms with Crippen molar-refractivity contribution in [3.8, 4) is 0 Å². The van der Waals surface area contributed by atoms with Crippen LogP contribution in [0.2, 0.25) is 0 Å². The second kappa shape index (κ2) is 8.87. The van der Waals surface area contributed by atoms with E-state index in [1.807, 2.05) is 0 Å². The van der Waals surface area contributed by atoms with Gasteiger partial charge in [0, 0.05) is 11.1 Å². The molecule has 0 spiro atoms. The van der Waals surface area contributed by atoms with Crippen LogP contribution in [0.3, 0.4) is 0 Å². The van der Waals surface area contributed by atoms with Gasteiger partial charge in [0.05, 0.1) is 0 Å². The summed E-state index contributed by atoms with van der Waals surface area (Å²) >= 11 is 0. The molecule has 20 heavy (non-hydrogen) atoms. The molecule has 0 amide bonds. The van der Waals surface area contributed by atoms with Crippen LogP contribution in [0.1, 0.15) is 13.8 Å². The van der Waals surface area contributed by atoms with E-state index in [1.165, 1.54) is 13.8 Å². The average Bonchev–Trinajstić information content (AvgIpc) is 2.36. The number of ether oxygens (including phenoxy) is 3. The van der Waals surface area contributed by atoms with Gasteiger partial charge in [0.25, 0.3) is 0 Å². The van der Waals surface area contributed by atoms with Crippen LogP contribution in [0.4, 0.5) is 0 Å². The van der Waals surface area contributed by atoms with Gasteiger partial charge in [0.2, 0.25) is 0 Å². The van der Waals surface area contributed by atoms with Gasteiger partial charge in [-0.1, -0.05) is 13.2 Å². The molecule has 0 aliphatic heterocycles. The van der Waals surface area contributed by atoms with Crippen molar-refractivity contribution in [2.75, 3.05) is 19.8 Å². The average molecular weight is 286 g/mol. The predicted octanol–water partition coefficient (Wildman–Crippen LogP) is 0.695. The number of aliphatic carboxylic acids is 1. The van der Waals surface area contributed by atoms with Gasteiger partial charge in [-0.25, -0.2) is 14.4 Å². The molecule has 0 aromatic rings. The van der Waals surface area contributed by atoms with Crippen LogP contribution in [0, 0.1) is 0 Å². The Morgan fingerprint density at radius 3 is 1.70 bits per heavy atom. The Morgan fingerprint density at radius 2 is 1.40 bits per heavy atom. The molecule has 7 nitrogen and oxygen atoms in total. The van der Waals surface area contributed by atoms with Gasteiger partial charge in [0.15, 0.2) is 0 Å². The Bertz CT molecular complexity index is 381. The highest BCUT2D eigenvalue weighted by atomic mass is 16.6. The van der Waals surface area contributed by atoms with Gasteiger partial charge in [0.1, 0.15) is 25.9 Å². The third-order valence-electron chi connectivity index (χ3n) is 1.94. The van der Waals surface area contributed by atoms with Crippen molar-refractivity contribution in [2.45, 2.75) is 20.0 Å². The molecule has 0 unspecified atom stereocenters. The number of carboxylic acid groups (broad SMARTS) is 1. The summed E-state index contributed by atoms with van der Waals surface area (Å²) in [6.07, 6.45) is -0.877. The third kappa shape index (κ3) is 8.04. The SMILES string of the molecule is C=C(C)C(=O)OCC(COC(=O)C(=C)C)OCC(=O)O. The minimum atomic E-state index is -1.19. The molecule has 0 rings (SSSR count). The first-order chi connectivity index (χ1) is 9.23. The van der Waals surface area contributed by atoms with E-state index in [-0.39, 0.29) is 24.4 Å².